The summed E-state index contributed by atoms with van der Waals surface area (Å²) in [6.45, 7) is 2.16. The Labute approximate surface area is 103 Å². The van der Waals surface area contributed by atoms with Gasteiger partial charge in [-0.15, -0.1) is 5.92 Å². The predicted octanol–water partition coefficient (Wildman–Crippen LogP) is 3.56. The molecule has 88 valence electrons. The van der Waals surface area contributed by atoms with Crippen molar-refractivity contribution in [3.05, 3.63) is 41.5 Å². The number of unbranched alkanes of at least 4 members (excludes halogenated alkanes) is 2. The van der Waals surface area contributed by atoms with Crippen LogP contribution in [-0.4, -0.2) is 5.11 Å². The van der Waals surface area contributed by atoms with Gasteiger partial charge in [0.15, 0.2) is 0 Å². The van der Waals surface area contributed by atoms with E-state index >= 15 is 0 Å². The molecule has 0 aliphatic heterocycles. The van der Waals surface area contributed by atoms with Gasteiger partial charge in [-0.1, -0.05) is 55.7 Å². The highest BCUT2D eigenvalue weighted by molar-refractivity contribution is 5.58. The van der Waals surface area contributed by atoms with E-state index in [-0.39, 0.29) is 5.92 Å². The van der Waals surface area contributed by atoms with E-state index in [0.717, 1.165) is 24.0 Å². The third kappa shape index (κ3) is 2.78. The van der Waals surface area contributed by atoms with E-state index in [9.17, 15) is 5.11 Å². The molecule has 0 spiro atoms. The molecule has 1 aliphatic carbocycles. The molecule has 1 nitrogen and oxygen atoms in total. The molecule has 0 unspecified atom stereocenters. The van der Waals surface area contributed by atoms with Gasteiger partial charge in [-0.05, 0) is 17.5 Å². The molecular formula is C16H18O. The SMILES string of the molecule is CCCCC#C[C@H]1C=Cc2ccccc2[C@H]1O. The van der Waals surface area contributed by atoms with Crippen LogP contribution in [0.5, 0.6) is 0 Å². The summed E-state index contributed by atoms with van der Waals surface area (Å²) in [5.41, 5.74) is 2.09. The molecule has 0 fully saturated rings. The molecule has 0 bridgehead atoms. The van der Waals surface area contributed by atoms with Crippen LogP contribution < -0.4 is 0 Å². The van der Waals surface area contributed by atoms with Crippen LogP contribution in [0.25, 0.3) is 6.08 Å². The smallest absolute Gasteiger partial charge is 0.0968 e. The number of fused-ring (bicyclic) bond motifs is 1. The van der Waals surface area contributed by atoms with Crippen LogP contribution in [0.2, 0.25) is 0 Å². The van der Waals surface area contributed by atoms with E-state index in [4.69, 9.17) is 0 Å². The zero-order chi connectivity index (χ0) is 12.1. The summed E-state index contributed by atoms with van der Waals surface area (Å²) in [5.74, 6) is 6.26. The largest absolute Gasteiger partial charge is 0.387 e. The molecule has 0 aromatic heterocycles. The van der Waals surface area contributed by atoms with Crippen molar-refractivity contribution in [1.82, 2.24) is 0 Å². The van der Waals surface area contributed by atoms with E-state index in [2.05, 4.69) is 24.8 Å². The number of benzene rings is 1. The lowest BCUT2D eigenvalue weighted by molar-refractivity contribution is 0.153. The molecule has 1 aliphatic rings. The van der Waals surface area contributed by atoms with Gasteiger partial charge in [0.1, 0.15) is 0 Å². The van der Waals surface area contributed by atoms with Crippen LogP contribution in [0.3, 0.4) is 0 Å². The fourth-order valence-corrected chi connectivity index (χ4v) is 2.02. The maximum atomic E-state index is 10.2. The summed E-state index contributed by atoms with van der Waals surface area (Å²) in [4.78, 5) is 0. The Morgan fingerprint density at radius 3 is 2.94 bits per heavy atom. The molecule has 0 saturated heterocycles. The highest BCUT2D eigenvalue weighted by Crippen LogP contribution is 2.31. The third-order valence-electron chi connectivity index (χ3n) is 3.06. The van der Waals surface area contributed by atoms with Gasteiger partial charge in [0.25, 0.3) is 0 Å². The van der Waals surface area contributed by atoms with Crippen molar-refractivity contribution in [3.8, 4) is 11.8 Å². The molecule has 2 atom stereocenters. The van der Waals surface area contributed by atoms with Crippen molar-refractivity contribution < 1.29 is 5.11 Å². The van der Waals surface area contributed by atoms with E-state index in [1.807, 2.05) is 30.3 Å². The number of hydrogen-bond acceptors (Lipinski definition) is 1. The molecule has 1 heteroatoms. The fraction of sp³-hybridized carbons (Fsp3) is 0.375. The highest BCUT2D eigenvalue weighted by Gasteiger charge is 2.21. The Morgan fingerprint density at radius 1 is 1.29 bits per heavy atom. The second kappa shape index (κ2) is 5.70. The molecule has 1 N–H and O–H groups in total. The van der Waals surface area contributed by atoms with E-state index < -0.39 is 6.10 Å². The minimum Gasteiger partial charge on any atom is -0.387 e. The van der Waals surface area contributed by atoms with Crippen LogP contribution in [-0.2, 0) is 0 Å². The lowest BCUT2D eigenvalue weighted by atomic mass is 9.87. The van der Waals surface area contributed by atoms with E-state index in [1.54, 1.807) is 0 Å². The van der Waals surface area contributed by atoms with Crippen molar-refractivity contribution in [2.45, 2.75) is 32.3 Å². The first kappa shape index (κ1) is 12.0. The Hall–Kier alpha value is -1.52. The average molecular weight is 226 g/mol. The van der Waals surface area contributed by atoms with Crippen molar-refractivity contribution in [1.29, 1.82) is 0 Å². The molecule has 1 aromatic carbocycles. The maximum Gasteiger partial charge on any atom is 0.0968 e. The molecule has 2 rings (SSSR count). The van der Waals surface area contributed by atoms with Gasteiger partial charge >= 0.3 is 0 Å². The predicted molar refractivity (Wildman–Crippen MR) is 71.2 cm³/mol. The van der Waals surface area contributed by atoms with Crippen LogP contribution in [0, 0.1) is 17.8 Å². The number of aliphatic hydroxyl groups is 1. The van der Waals surface area contributed by atoms with Crippen molar-refractivity contribution in [2.75, 3.05) is 0 Å². The van der Waals surface area contributed by atoms with Crippen molar-refractivity contribution in [3.63, 3.8) is 0 Å². The summed E-state index contributed by atoms with van der Waals surface area (Å²) in [6.07, 6.45) is 6.81. The van der Waals surface area contributed by atoms with Crippen LogP contribution in [0.15, 0.2) is 30.3 Å². The zero-order valence-corrected chi connectivity index (χ0v) is 10.2. The first-order chi connectivity index (χ1) is 8.33. The third-order valence-corrected chi connectivity index (χ3v) is 3.06. The molecule has 0 saturated carbocycles. The highest BCUT2D eigenvalue weighted by atomic mass is 16.3. The minimum absolute atomic E-state index is 0.0539. The summed E-state index contributed by atoms with van der Waals surface area (Å²) < 4.78 is 0. The lowest BCUT2D eigenvalue weighted by Gasteiger charge is -2.21. The Balaban J connectivity index is 2.11. The Bertz CT molecular complexity index is 462. The molecule has 0 amide bonds. The first-order valence-corrected chi connectivity index (χ1v) is 6.26. The fourth-order valence-electron chi connectivity index (χ4n) is 2.02. The number of rotatable bonds is 2. The first-order valence-electron chi connectivity index (χ1n) is 6.26. The quantitative estimate of drug-likeness (QED) is 0.604. The molecule has 0 radical (unpaired) electrons. The summed E-state index contributed by atoms with van der Waals surface area (Å²) in [5, 5.41) is 10.2. The van der Waals surface area contributed by atoms with Crippen molar-refractivity contribution in [2.24, 2.45) is 5.92 Å². The van der Waals surface area contributed by atoms with Gasteiger partial charge in [-0.3, -0.25) is 0 Å². The summed E-state index contributed by atoms with van der Waals surface area (Å²) >= 11 is 0. The maximum absolute atomic E-state index is 10.2. The van der Waals surface area contributed by atoms with Gasteiger partial charge in [0, 0.05) is 6.42 Å². The topological polar surface area (TPSA) is 20.2 Å². The lowest BCUT2D eigenvalue weighted by Crippen LogP contribution is -2.13. The number of hydrogen-bond donors (Lipinski definition) is 1. The zero-order valence-electron chi connectivity index (χ0n) is 10.2. The van der Waals surface area contributed by atoms with Gasteiger partial charge in [-0.25, -0.2) is 0 Å². The second-order valence-electron chi connectivity index (χ2n) is 4.38. The monoisotopic (exact) mass is 226 g/mol. The Morgan fingerprint density at radius 2 is 2.12 bits per heavy atom. The molecule has 0 heterocycles. The van der Waals surface area contributed by atoms with E-state index in [0.29, 0.717) is 0 Å². The number of aliphatic hydroxyl groups excluding tert-OH is 1. The standard InChI is InChI=1S/C16H18O/c1-2-3-4-5-9-14-12-11-13-8-6-7-10-15(13)16(14)17/h6-8,10-12,14,16-17H,2-4H2,1H3/t14-,16-/m0/s1. The van der Waals surface area contributed by atoms with Gasteiger partial charge in [-0.2, -0.15) is 0 Å². The van der Waals surface area contributed by atoms with E-state index in [1.165, 1.54) is 6.42 Å². The van der Waals surface area contributed by atoms with Crippen molar-refractivity contribution >= 4 is 6.08 Å². The second-order valence-corrected chi connectivity index (χ2v) is 4.38. The average Bonchev–Trinajstić information content (AvgIpc) is 2.37. The van der Waals surface area contributed by atoms with Crippen LogP contribution in [0.1, 0.15) is 43.4 Å². The van der Waals surface area contributed by atoms with Gasteiger partial charge in [0.2, 0.25) is 0 Å². The van der Waals surface area contributed by atoms with Crippen LogP contribution >= 0.6 is 0 Å². The normalized spacial score (nSPS) is 21.5. The Kier molecular flexibility index (Phi) is 4.01. The molecular weight excluding hydrogens is 208 g/mol. The van der Waals surface area contributed by atoms with Gasteiger partial charge < -0.3 is 5.11 Å². The minimum atomic E-state index is -0.481. The molecule has 17 heavy (non-hydrogen) atoms. The molecule has 1 aromatic rings. The van der Waals surface area contributed by atoms with Crippen LogP contribution in [0.4, 0.5) is 0 Å². The van der Waals surface area contributed by atoms with Gasteiger partial charge in [0.05, 0.1) is 12.0 Å². The summed E-state index contributed by atoms with van der Waals surface area (Å²) in [7, 11) is 0. The summed E-state index contributed by atoms with van der Waals surface area (Å²) in [6, 6.07) is 7.95.